The van der Waals surface area contributed by atoms with Gasteiger partial charge in [-0.15, -0.1) is 0 Å². The first-order valence-electron chi connectivity index (χ1n) is 9.26. The summed E-state index contributed by atoms with van der Waals surface area (Å²) in [5.41, 5.74) is 0.878. The standard InChI is InChI=1S/C20H25F3N4O2/c1-24-19(25-11-3-5-13-27-12-4-2-6-18(27)28)26-14-16-7-9-17(10-8-16)29-15-20(21,22)23/h2,4,6-10,12H,3,5,11,13-15H2,1H3,(H2,24,25,26). The van der Waals surface area contributed by atoms with Crippen molar-refractivity contribution in [2.24, 2.45) is 4.99 Å². The lowest BCUT2D eigenvalue weighted by molar-refractivity contribution is -0.153. The van der Waals surface area contributed by atoms with Gasteiger partial charge in [0.2, 0.25) is 5.56 Å². The Kier molecular flexibility index (Phi) is 8.57. The molecule has 6 nitrogen and oxygen atoms in total. The molecule has 0 radical (unpaired) electrons. The van der Waals surface area contributed by atoms with Gasteiger partial charge in [0.15, 0.2) is 12.6 Å². The van der Waals surface area contributed by atoms with Crippen molar-refractivity contribution in [3.63, 3.8) is 0 Å². The fourth-order valence-corrected chi connectivity index (χ4v) is 2.53. The van der Waals surface area contributed by atoms with Crippen LogP contribution in [0.1, 0.15) is 18.4 Å². The quantitative estimate of drug-likeness (QED) is 0.379. The number of hydrogen-bond donors (Lipinski definition) is 2. The second-order valence-corrected chi connectivity index (χ2v) is 6.34. The predicted octanol–water partition coefficient (Wildman–Crippen LogP) is 2.93. The molecule has 0 saturated heterocycles. The smallest absolute Gasteiger partial charge is 0.422 e. The number of aryl methyl sites for hydroxylation is 1. The summed E-state index contributed by atoms with van der Waals surface area (Å²) in [4.78, 5) is 15.8. The summed E-state index contributed by atoms with van der Waals surface area (Å²) in [6, 6.07) is 11.5. The van der Waals surface area contributed by atoms with E-state index in [9.17, 15) is 18.0 Å². The number of guanidine groups is 1. The number of unbranched alkanes of at least 4 members (excludes halogenated alkanes) is 1. The topological polar surface area (TPSA) is 67.7 Å². The molecule has 158 valence electrons. The van der Waals surface area contributed by atoms with Crippen LogP contribution in [0.4, 0.5) is 13.2 Å². The number of nitrogens with one attached hydrogen (secondary N) is 2. The van der Waals surface area contributed by atoms with Crippen LogP contribution in [0.2, 0.25) is 0 Å². The molecule has 0 unspecified atom stereocenters. The van der Waals surface area contributed by atoms with Crippen molar-refractivity contribution >= 4 is 5.96 Å². The average molecular weight is 410 g/mol. The van der Waals surface area contributed by atoms with Crippen molar-refractivity contribution < 1.29 is 17.9 Å². The lowest BCUT2D eigenvalue weighted by atomic mass is 10.2. The Labute approximate surface area is 167 Å². The van der Waals surface area contributed by atoms with E-state index in [4.69, 9.17) is 0 Å². The van der Waals surface area contributed by atoms with E-state index in [1.54, 1.807) is 42.1 Å². The predicted molar refractivity (Wildman–Crippen MR) is 106 cm³/mol. The minimum absolute atomic E-state index is 0.00670. The highest BCUT2D eigenvalue weighted by molar-refractivity contribution is 5.79. The number of aliphatic imine (C=N–C) groups is 1. The van der Waals surface area contributed by atoms with Gasteiger partial charge in [0, 0.05) is 38.9 Å². The van der Waals surface area contributed by atoms with Crippen LogP contribution in [0.15, 0.2) is 58.4 Å². The normalized spacial score (nSPS) is 11.9. The minimum atomic E-state index is -4.35. The third kappa shape index (κ3) is 8.71. The summed E-state index contributed by atoms with van der Waals surface area (Å²) in [5.74, 6) is 0.797. The summed E-state index contributed by atoms with van der Waals surface area (Å²) in [6.45, 7) is 0.528. The van der Waals surface area contributed by atoms with Gasteiger partial charge in [0.1, 0.15) is 5.75 Å². The maximum atomic E-state index is 12.2. The van der Waals surface area contributed by atoms with Gasteiger partial charge >= 0.3 is 6.18 Å². The maximum Gasteiger partial charge on any atom is 0.422 e. The van der Waals surface area contributed by atoms with E-state index in [1.807, 2.05) is 6.07 Å². The zero-order chi connectivity index (χ0) is 21.1. The van der Waals surface area contributed by atoms with E-state index in [-0.39, 0.29) is 11.3 Å². The van der Waals surface area contributed by atoms with Crippen molar-refractivity contribution in [1.29, 1.82) is 0 Å². The van der Waals surface area contributed by atoms with Crippen LogP contribution in [0, 0.1) is 0 Å². The lowest BCUT2D eigenvalue weighted by Gasteiger charge is -2.13. The van der Waals surface area contributed by atoms with Gasteiger partial charge in [-0.1, -0.05) is 18.2 Å². The fraction of sp³-hybridized carbons (Fsp3) is 0.400. The zero-order valence-corrected chi connectivity index (χ0v) is 16.2. The molecule has 29 heavy (non-hydrogen) atoms. The van der Waals surface area contributed by atoms with Crippen molar-refractivity contribution in [2.45, 2.75) is 32.1 Å². The first kappa shape index (κ1) is 22.3. The van der Waals surface area contributed by atoms with Crippen LogP contribution in [-0.2, 0) is 13.1 Å². The van der Waals surface area contributed by atoms with E-state index >= 15 is 0 Å². The highest BCUT2D eigenvalue weighted by Gasteiger charge is 2.28. The molecule has 0 spiro atoms. The Morgan fingerprint density at radius 2 is 1.86 bits per heavy atom. The number of hydrogen-bond acceptors (Lipinski definition) is 3. The Morgan fingerprint density at radius 1 is 1.10 bits per heavy atom. The largest absolute Gasteiger partial charge is 0.484 e. The molecular formula is C20H25F3N4O2. The van der Waals surface area contributed by atoms with Gasteiger partial charge < -0.3 is 19.9 Å². The number of rotatable bonds is 9. The summed E-state index contributed by atoms with van der Waals surface area (Å²) in [7, 11) is 1.66. The van der Waals surface area contributed by atoms with Crippen molar-refractivity contribution in [2.75, 3.05) is 20.2 Å². The highest BCUT2D eigenvalue weighted by atomic mass is 19.4. The number of alkyl halides is 3. The van der Waals surface area contributed by atoms with E-state index in [0.29, 0.717) is 25.6 Å². The molecule has 0 saturated carbocycles. The molecule has 1 aromatic heterocycles. The van der Waals surface area contributed by atoms with Gasteiger partial charge in [-0.3, -0.25) is 9.79 Å². The Bertz CT molecular complexity index is 833. The number of halogens is 3. The van der Waals surface area contributed by atoms with Crippen molar-refractivity contribution in [3.8, 4) is 5.75 Å². The third-order valence-electron chi connectivity index (χ3n) is 4.03. The molecule has 0 amide bonds. The number of pyridine rings is 1. The molecule has 2 aromatic rings. The van der Waals surface area contributed by atoms with Crippen LogP contribution in [0.3, 0.4) is 0 Å². The first-order chi connectivity index (χ1) is 13.9. The Morgan fingerprint density at radius 3 is 2.52 bits per heavy atom. The van der Waals surface area contributed by atoms with E-state index in [2.05, 4.69) is 20.4 Å². The molecule has 0 fully saturated rings. The zero-order valence-electron chi connectivity index (χ0n) is 16.2. The summed E-state index contributed by atoms with van der Waals surface area (Å²) >= 11 is 0. The molecule has 0 atom stereocenters. The molecule has 0 aliphatic heterocycles. The number of ether oxygens (including phenoxy) is 1. The molecule has 0 aliphatic carbocycles. The van der Waals surface area contributed by atoms with Crippen molar-refractivity contribution in [1.82, 2.24) is 15.2 Å². The molecule has 0 bridgehead atoms. The SMILES string of the molecule is CN=C(NCCCCn1ccccc1=O)NCc1ccc(OCC(F)(F)F)cc1. The molecular weight excluding hydrogens is 385 g/mol. The van der Waals surface area contributed by atoms with E-state index < -0.39 is 12.8 Å². The Hall–Kier alpha value is -2.97. The monoisotopic (exact) mass is 410 g/mol. The molecule has 2 N–H and O–H groups in total. The molecule has 9 heteroatoms. The maximum absolute atomic E-state index is 12.2. The third-order valence-corrected chi connectivity index (χ3v) is 4.03. The molecule has 1 heterocycles. The van der Waals surface area contributed by atoms with Crippen LogP contribution in [0.5, 0.6) is 5.75 Å². The van der Waals surface area contributed by atoms with Crippen molar-refractivity contribution in [3.05, 3.63) is 64.6 Å². The number of benzene rings is 1. The lowest BCUT2D eigenvalue weighted by Crippen LogP contribution is -2.37. The molecule has 2 rings (SSSR count). The van der Waals surface area contributed by atoms with Crippen LogP contribution in [-0.4, -0.2) is 36.9 Å². The van der Waals surface area contributed by atoms with E-state index in [1.165, 1.54) is 12.1 Å². The first-order valence-corrected chi connectivity index (χ1v) is 9.26. The second-order valence-electron chi connectivity index (χ2n) is 6.34. The van der Waals surface area contributed by atoms with Gasteiger partial charge in [-0.25, -0.2) is 0 Å². The molecule has 1 aromatic carbocycles. The highest BCUT2D eigenvalue weighted by Crippen LogP contribution is 2.18. The van der Waals surface area contributed by atoms with Gasteiger partial charge in [-0.05, 0) is 36.6 Å². The van der Waals surface area contributed by atoms with Crippen LogP contribution >= 0.6 is 0 Å². The van der Waals surface area contributed by atoms with Gasteiger partial charge in [0.05, 0.1) is 0 Å². The minimum Gasteiger partial charge on any atom is -0.484 e. The van der Waals surface area contributed by atoms with Gasteiger partial charge in [0.25, 0.3) is 0 Å². The number of nitrogens with zero attached hydrogens (tertiary/aromatic N) is 2. The van der Waals surface area contributed by atoms with Crippen LogP contribution < -0.4 is 20.9 Å². The summed E-state index contributed by atoms with van der Waals surface area (Å²) in [5, 5.41) is 6.33. The second kappa shape index (κ2) is 11.1. The number of aromatic nitrogens is 1. The van der Waals surface area contributed by atoms with Gasteiger partial charge in [-0.2, -0.15) is 13.2 Å². The summed E-state index contributed by atoms with van der Waals surface area (Å²) in [6.07, 6.45) is -0.855. The average Bonchev–Trinajstić information content (AvgIpc) is 2.70. The van der Waals surface area contributed by atoms with Crippen LogP contribution in [0.25, 0.3) is 0 Å². The summed E-state index contributed by atoms with van der Waals surface area (Å²) < 4.78 is 42.8. The molecule has 0 aliphatic rings. The fourth-order valence-electron chi connectivity index (χ4n) is 2.53. The van der Waals surface area contributed by atoms with E-state index in [0.717, 1.165) is 18.4 Å². The Balaban J connectivity index is 1.67.